The summed E-state index contributed by atoms with van der Waals surface area (Å²) in [5, 5.41) is 12.8. The zero-order chi connectivity index (χ0) is 24.7. The number of nitrogens with one attached hydrogen (secondary N) is 1. The van der Waals surface area contributed by atoms with Crippen molar-refractivity contribution in [3.05, 3.63) is 77.4 Å². The molecule has 0 saturated carbocycles. The van der Waals surface area contributed by atoms with Crippen molar-refractivity contribution < 1.29 is 23.5 Å². The Bertz CT molecular complexity index is 1470. The molecule has 4 aromatic rings. The second-order valence-corrected chi connectivity index (χ2v) is 9.51. The van der Waals surface area contributed by atoms with E-state index in [-0.39, 0.29) is 17.4 Å². The number of hydrogen-bond donors (Lipinski definition) is 2. The Morgan fingerprint density at radius 3 is 2.60 bits per heavy atom. The number of aromatic nitrogens is 1. The van der Waals surface area contributed by atoms with E-state index in [2.05, 4.69) is 10.3 Å². The quantitative estimate of drug-likeness (QED) is 0.357. The first-order valence-electron chi connectivity index (χ1n) is 11.1. The van der Waals surface area contributed by atoms with Crippen LogP contribution in [0.5, 0.6) is 0 Å². The van der Waals surface area contributed by atoms with Gasteiger partial charge in [0.1, 0.15) is 17.7 Å². The number of carboxylic acids is 1. The summed E-state index contributed by atoms with van der Waals surface area (Å²) in [7, 11) is 0. The molecule has 1 aromatic heterocycles. The van der Waals surface area contributed by atoms with Crippen molar-refractivity contribution in [2.24, 2.45) is 0 Å². The highest BCUT2D eigenvalue weighted by Crippen LogP contribution is 2.32. The van der Waals surface area contributed by atoms with Crippen molar-refractivity contribution in [3.63, 3.8) is 0 Å². The third-order valence-corrected chi connectivity index (χ3v) is 7.08. The number of anilines is 2. The molecule has 6 nitrogen and oxygen atoms in total. The average Bonchev–Trinajstić information content (AvgIpc) is 3.46. The molecule has 1 aliphatic rings. The van der Waals surface area contributed by atoms with Crippen molar-refractivity contribution in [3.8, 4) is 11.1 Å². The topological polar surface area (TPSA) is 82.5 Å². The van der Waals surface area contributed by atoms with Gasteiger partial charge in [0.25, 0.3) is 5.91 Å². The molecule has 178 valence electrons. The van der Waals surface area contributed by atoms with E-state index < -0.39 is 17.8 Å². The van der Waals surface area contributed by atoms with Gasteiger partial charge in [-0.1, -0.05) is 29.5 Å². The van der Waals surface area contributed by atoms with Gasteiger partial charge in [0.15, 0.2) is 5.13 Å². The third-order valence-electron chi connectivity index (χ3n) is 6.15. The van der Waals surface area contributed by atoms with Crippen LogP contribution >= 0.6 is 11.3 Å². The van der Waals surface area contributed by atoms with E-state index in [0.29, 0.717) is 51.4 Å². The van der Waals surface area contributed by atoms with Crippen LogP contribution in [0, 0.1) is 18.6 Å². The molecule has 2 N–H and O–H groups in total. The van der Waals surface area contributed by atoms with Gasteiger partial charge < -0.3 is 15.3 Å². The fourth-order valence-corrected chi connectivity index (χ4v) is 5.27. The summed E-state index contributed by atoms with van der Waals surface area (Å²) in [5.74, 6) is -2.13. The molecule has 0 bridgehead atoms. The number of carbonyl (C=O) groups excluding carboxylic acids is 1. The number of carboxylic acid groups (broad SMARTS) is 1. The van der Waals surface area contributed by atoms with E-state index in [1.165, 1.54) is 34.4 Å². The van der Waals surface area contributed by atoms with Crippen molar-refractivity contribution >= 4 is 44.2 Å². The first-order chi connectivity index (χ1) is 16.8. The molecule has 9 heteroatoms. The first kappa shape index (κ1) is 22.9. The lowest BCUT2D eigenvalue weighted by Gasteiger charge is -2.22. The monoisotopic (exact) mass is 493 g/mol. The summed E-state index contributed by atoms with van der Waals surface area (Å²) >= 11 is 1.23. The van der Waals surface area contributed by atoms with Gasteiger partial charge in [0.05, 0.1) is 15.9 Å². The number of hydrogen-bond acceptors (Lipinski definition) is 5. The van der Waals surface area contributed by atoms with Gasteiger partial charge in [0.2, 0.25) is 0 Å². The Morgan fingerprint density at radius 2 is 1.86 bits per heavy atom. The molecule has 1 aliphatic heterocycles. The van der Waals surface area contributed by atoms with Gasteiger partial charge in [-0.05, 0) is 72.9 Å². The first-order valence-corrected chi connectivity index (χ1v) is 11.9. The molecule has 0 unspecified atom stereocenters. The van der Waals surface area contributed by atoms with E-state index in [4.69, 9.17) is 0 Å². The van der Waals surface area contributed by atoms with Crippen LogP contribution in [0.2, 0.25) is 0 Å². The number of likely N-dealkylation sites (tertiary alicyclic amines) is 1. The normalized spacial score (nSPS) is 15.5. The Kier molecular flexibility index (Phi) is 5.94. The minimum atomic E-state index is -0.993. The van der Waals surface area contributed by atoms with Crippen LogP contribution in [0.15, 0.2) is 54.6 Å². The van der Waals surface area contributed by atoms with Crippen LogP contribution in [0.3, 0.4) is 0 Å². The predicted octanol–water partition coefficient (Wildman–Crippen LogP) is 5.98. The molecule has 3 aromatic carbocycles. The number of aryl methyl sites for hydroxylation is 1. The standard InChI is InChI=1S/C26H21F2N3O3S/c1-14-11-15(4-7-18(14)24(32)31-10-2-3-22(31)25(33)34)16-5-8-20(19(28)12-16)29-26-30-21-9-6-17(27)13-23(21)35-26/h4-9,11-13,22H,2-3,10H2,1H3,(H,29,30)(H,33,34)/t22-/m0/s1. The van der Waals surface area contributed by atoms with Gasteiger partial charge in [-0.2, -0.15) is 0 Å². The smallest absolute Gasteiger partial charge is 0.326 e. The summed E-state index contributed by atoms with van der Waals surface area (Å²) in [6.07, 6.45) is 1.11. The van der Waals surface area contributed by atoms with Crippen LogP contribution in [0.25, 0.3) is 21.3 Å². The van der Waals surface area contributed by atoms with Crippen molar-refractivity contribution in [2.45, 2.75) is 25.8 Å². The molecule has 0 radical (unpaired) electrons. The largest absolute Gasteiger partial charge is 0.480 e. The molecule has 1 saturated heterocycles. The number of nitrogens with zero attached hydrogens (tertiary/aromatic N) is 2. The molecule has 2 heterocycles. The summed E-state index contributed by atoms with van der Waals surface area (Å²) in [6.45, 7) is 2.20. The van der Waals surface area contributed by atoms with Crippen LogP contribution in [0.4, 0.5) is 19.6 Å². The van der Waals surface area contributed by atoms with Gasteiger partial charge in [-0.3, -0.25) is 4.79 Å². The molecular formula is C26H21F2N3O3S. The van der Waals surface area contributed by atoms with Crippen molar-refractivity contribution in [1.82, 2.24) is 9.88 Å². The Morgan fingerprint density at radius 1 is 1.09 bits per heavy atom. The van der Waals surface area contributed by atoms with Crippen LogP contribution < -0.4 is 5.32 Å². The van der Waals surface area contributed by atoms with Gasteiger partial charge in [-0.15, -0.1) is 0 Å². The lowest BCUT2D eigenvalue weighted by molar-refractivity contribution is -0.141. The van der Waals surface area contributed by atoms with Gasteiger partial charge >= 0.3 is 5.97 Å². The molecule has 5 rings (SSSR count). The second-order valence-electron chi connectivity index (χ2n) is 8.48. The molecule has 1 fully saturated rings. The number of thiazole rings is 1. The molecule has 1 amide bonds. The number of amides is 1. The minimum absolute atomic E-state index is 0.241. The van der Waals surface area contributed by atoms with Crippen LogP contribution in [0.1, 0.15) is 28.8 Å². The zero-order valence-corrected chi connectivity index (χ0v) is 19.5. The van der Waals surface area contributed by atoms with E-state index >= 15 is 0 Å². The lowest BCUT2D eigenvalue weighted by atomic mass is 9.98. The number of aliphatic carboxylic acids is 1. The second kappa shape index (κ2) is 9.07. The molecule has 0 spiro atoms. The molecular weight excluding hydrogens is 472 g/mol. The average molecular weight is 494 g/mol. The zero-order valence-electron chi connectivity index (χ0n) is 18.7. The Balaban J connectivity index is 1.36. The van der Waals surface area contributed by atoms with E-state index in [1.807, 2.05) is 0 Å². The summed E-state index contributed by atoms with van der Waals surface area (Å²) in [4.78, 5) is 30.2. The number of fused-ring (bicyclic) bond motifs is 1. The highest BCUT2D eigenvalue weighted by Gasteiger charge is 2.34. The highest BCUT2D eigenvalue weighted by molar-refractivity contribution is 7.22. The molecule has 1 atom stereocenters. The summed E-state index contributed by atoms with van der Waals surface area (Å²) < 4.78 is 29.0. The minimum Gasteiger partial charge on any atom is -0.480 e. The Labute approximate surface area is 203 Å². The maximum absolute atomic E-state index is 14.9. The van der Waals surface area contributed by atoms with Crippen molar-refractivity contribution in [2.75, 3.05) is 11.9 Å². The van der Waals surface area contributed by atoms with Gasteiger partial charge in [0, 0.05) is 12.1 Å². The van der Waals surface area contributed by atoms with Crippen molar-refractivity contribution in [1.29, 1.82) is 0 Å². The highest BCUT2D eigenvalue weighted by atomic mass is 32.1. The number of benzene rings is 3. The van der Waals surface area contributed by atoms with Crippen LogP contribution in [-0.2, 0) is 4.79 Å². The van der Waals surface area contributed by atoms with E-state index in [9.17, 15) is 23.5 Å². The summed E-state index contributed by atoms with van der Waals surface area (Å²) in [6, 6.07) is 13.4. The summed E-state index contributed by atoms with van der Waals surface area (Å²) in [5.41, 5.74) is 3.36. The van der Waals surface area contributed by atoms with Crippen LogP contribution in [-0.4, -0.2) is 39.5 Å². The maximum Gasteiger partial charge on any atom is 0.326 e. The fraction of sp³-hybridized carbons (Fsp3) is 0.192. The number of rotatable bonds is 5. The number of carbonyl (C=O) groups is 2. The molecule has 35 heavy (non-hydrogen) atoms. The SMILES string of the molecule is Cc1cc(-c2ccc(Nc3nc4ccc(F)cc4s3)c(F)c2)ccc1C(=O)N1CCC[C@H]1C(=O)O. The molecule has 0 aliphatic carbocycles. The predicted molar refractivity (Wildman–Crippen MR) is 131 cm³/mol. The van der Waals surface area contributed by atoms with Gasteiger partial charge in [-0.25, -0.2) is 18.6 Å². The maximum atomic E-state index is 14.9. The van der Waals surface area contributed by atoms with E-state index in [1.54, 1.807) is 43.3 Å². The van der Waals surface area contributed by atoms with E-state index in [0.717, 1.165) is 5.56 Å². The lowest BCUT2D eigenvalue weighted by Crippen LogP contribution is -2.40. The fourth-order valence-electron chi connectivity index (χ4n) is 4.37. The number of halogens is 2. The Hall–Kier alpha value is -3.85. The third kappa shape index (κ3) is 4.46.